The third-order valence-corrected chi connectivity index (χ3v) is 5.37. The number of amides is 1. The minimum atomic E-state index is -4.63. The van der Waals surface area contributed by atoms with Crippen molar-refractivity contribution in [3.8, 4) is 11.3 Å². The molecule has 152 valence electrons. The van der Waals surface area contributed by atoms with E-state index < -0.39 is 11.9 Å². The second-order valence-corrected chi connectivity index (χ2v) is 7.25. The first kappa shape index (κ1) is 19.4. The number of carbonyl (C=O) groups excluding carboxylic acids is 1. The molecule has 1 saturated heterocycles. The summed E-state index contributed by atoms with van der Waals surface area (Å²) in [6.45, 7) is 2.61. The molecule has 3 heterocycles. The van der Waals surface area contributed by atoms with Gasteiger partial charge in [0.1, 0.15) is 0 Å². The summed E-state index contributed by atoms with van der Waals surface area (Å²) in [4.78, 5) is 19.1. The minimum Gasteiger partial charge on any atom is -0.334 e. The number of hydrogen-bond donors (Lipinski definition) is 0. The summed E-state index contributed by atoms with van der Waals surface area (Å²) < 4.78 is 41.9. The fraction of sp³-hybridized carbons (Fsp3) is 0.381. The maximum Gasteiger partial charge on any atom is 0.433 e. The molecular weight excluding hydrogens is 381 g/mol. The third-order valence-electron chi connectivity index (χ3n) is 5.37. The van der Waals surface area contributed by atoms with E-state index in [9.17, 15) is 18.0 Å². The number of fused-ring (bicyclic) bond motifs is 1. The zero-order chi connectivity index (χ0) is 20.6. The second kappa shape index (κ2) is 7.50. The zero-order valence-corrected chi connectivity index (χ0v) is 16.0. The number of hydrogen-bond acceptors (Lipinski definition) is 3. The first-order valence-electron chi connectivity index (χ1n) is 9.73. The summed E-state index contributed by atoms with van der Waals surface area (Å²) >= 11 is 0. The van der Waals surface area contributed by atoms with Crippen molar-refractivity contribution in [3.05, 3.63) is 53.9 Å². The van der Waals surface area contributed by atoms with Gasteiger partial charge in [-0.3, -0.25) is 4.79 Å². The van der Waals surface area contributed by atoms with Crippen LogP contribution >= 0.6 is 0 Å². The number of piperidine rings is 1. The lowest BCUT2D eigenvalue weighted by atomic mass is 9.99. The highest BCUT2D eigenvalue weighted by molar-refractivity contribution is 5.93. The molecule has 1 aromatic carbocycles. The van der Waals surface area contributed by atoms with Gasteiger partial charge in [0, 0.05) is 24.2 Å². The largest absolute Gasteiger partial charge is 0.433 e. The Balaban J connectivity index is 1.81. The lowest BCUT2D eigenvalue weighted by Gasteiger charge is -2.34. The fourth-order valence-electron chi connectivity index (χ4n) is 3.88. The van der Waals surface area contributed by atoms with E-state index in [1.807, 2.05) is 6.92 Å². The van der Waals surface area contributed by atoms with Gasteiger partial charge in [0.2, 0.25) is 0 Å². The highest BCUT2D eigenvalue weighted by Gasteiger charge is 2.36. The molecule has 1 amide bonds. The van der Waals surface area contributed by atoms with Gasteiger partial charge >= 0.3 is 6.18 Å². The Morgan fingerprint density at radius 3 is 2.62 bits per heavy atom. The van der Waals surface area contributed by atoms with Crippen LogP contribution in [0.15, 0.2) is 42.5 Å². The summed E-state index contributed by atoms with van der Waals surface area (Å²) in [6.07, 6.45) is -0.981. The molecule has 2 aromatic heterocycles. The fourth-order valence-corrected chi connectivity index (χ4v) is 3.88. The summed E-state index contributed by atoms with van der Waals surface area (Å²) in [5.41, 5.74) is -0.197. The van der Waals surface area contributed by atoms with Crippen LogP contribution in [-0.4, -0.2) is 38.0 Å². The van der Waals surface area contributed by atoms with E-state index >= 15 is 0 Å². The minimum absolute atomic E-state index is 0.00596. The lowest BCUT2D eigenvalue weighted by molar-refractivity contribution is -0.142. The Kier molecular flexibility index (Phi) is 5.02. The molecule has 29 heavy (non-hydrogen) atoms. The topological polar surface area (TPSA) is 50.5 Å². The molecule has 1 aliphatic heterocycles. The van der Waals surface area contributed by atoms with Crippen LogP contribution < -0.4 is 0 Å². The van der Waals surface area contributed by atoms with Crippen LogP contribution in [0.2, 0.25) is 0 Å². The standard InChI is InChI=1S/C21H21F3N4O/c1-2-15-10-6-7-11-27(15)20(29)17-13-19-25-16(14-8-4-3-5-9-14)12-18(21(22,23)24)28(19)26-17/h3-5,8-9,12-13,15H,2,6-7,10-11H2,1H3/t15-/m1/s1. The van der Waals surface area contributed by atoms with Gasteiger partial charge in [0.05, 0.1) is 5.69 Å². The Hall–Kier alpha value is -2.90. The van der Waals surface area contributed by atoms with E-state index in [0.717, 1.165) is 36.3 Å². The molecule has 0 N–H and O–H groups in total. The average Bonchev–Trinajstić information content (AvgIpc) is 3.16. The molecule has 0 unspecified atom stereocenters. The number of likely N-dealkylation sites (tertiary alicyclic amines) is 1. The average molecular weight is 402 g/mol. The maximum absolute atomic E-state index is 13.7. The Labute approximate surface area is 166 Å². The highest BCUT2D eigenvalue weighted by atomic mass is 19.4. The van der Waals surface area contributed by atoms with Crippen molar-refractivity contribution < 1.29 is 18.0 Å². The Morgan fingerprint density at radius 2 is 1.93 bits per heavy atom. The SMILES string of the molecule is CC[C@@H]1CCCCN1C(=O)c1cc2nc(-c3ccccc3)cc(C(F)(F)F)n2n1. The van der Waals surface area contributed by atoms with Gasteiger partial charge in [-0.2, -0.15) is 18.3 Å². The molecule has 8 heteroatoms. The molecule has 4 rings (SSSR count). The third kappa shape index (κ3) is 3.71. The first-order chi connectivity index (χ1) is 13.9. The van der Waals surface area contributed by atoms with E-state index in [1.165, 1.54) is 6.07 Å². The van der Waals surface area contributed by atoms with Crippen molar-refractivity contribution in [2.45, 2.75) is 44.8 Å². The summed E-state index contributed by atoms with van der Waals surface area (Å²) in [5.74, 6) is -0.337. The van der Waals surface area contributed by atoms with Gasteiger partial charge in [-0.05, 0) is 31.7 Å². The van der Waals surface area contributed by atoms with Gasteiger partial charge in [0.25, 0.3) is 5.91 Å². The van der Waals surface area contributed by atoms with E-state index in [-0.39, 0.29) is 29.0 Å². The van der Waals surface area contributed by atoms with Crippen LogP contribution in [0.5, 0.6) is 0 Å². The molecule has 1 fully saturated rings. The monoisotopic (exact) mass is 402 g/mol. The summed E-state index contributed by atoms with van der Waals surface area (Å²) in [5, 5.41) is 4.00. The van der Waals surface area contributed by atoms with E-state index in [2.05, 4.69) is 10.1 Å². The van der Waals surface area contributed by atoms with Crippen LogP contribution in [0.3, 0.4) is 0 Å². The molecule has 0 aliphatic carbocycles. The quantitative estimate of drug-likeness (QED) is 0.631. The number of alkyl halides is 3. The normalized spacial score (nSPS) is 17.7. The van der Waals surface area contributed by atoms with E-state index in [1.54, 1.807) is 35.2 Å². The van der Waals surface area contributed by atoms with E-state index in [4.69, 9.17) is 0 Å². The molecule has 0 bridgehead atoms. The molecule has 0 saturated carbocycles. The van der Waals surface area contributed by atoms with Crippen molar-refractivity contribution in [1.82, 2.24) is 19.5 Å². The number of nitrogens with zero attached hydrogens (tertiary/aromatic N) is 4. The van der Waals surface area contributed by atoms with Gasteiger partial charge in [0.15, 0.2) is 17.0 Å². The number of carbonyl (C=O) groups is 1. The molecule has 0 radical (unpaired) electrons. The van der Waals surface area contributed by atoms with Crippen LogP contribution in [0.25, 0.3) is 16.9 Å². The number of benzene rings is 1. The Bertz CT molecular complexity index is 1030. The predicted octanol–water partition coefficient (Wildman–Crippen LogP) is 4.82. The van der Waals surface area contributed by atoms with Crippen molar-refractivity contribution in [2.24, 2.45) is 0 Å². The smallest absolute Gasteiger partial charge is 0.334 e. The van der Waals surface area contributed by atoms with Crippen LogP contribution in [0.4, 0.5) is 13.2 Å². The first-order valence-corrected chi connectivity index (χ1v) is 9.73. The lowest BCUT2D eigenvalue weighted by Crippen LogP contribution is -2.43. The maximum atomic E-state index is 13.7. The molecule has 1 aliphatic rings. The molecular formula is C21H21F3N4O. The van der Waals surface area contributed by atoms with Crippen LogP contribution in [-0.2, 0) is 6.18 Å². The molecule has 0 spiro atoms. The van der Waals surface area contributed by atoms with Crippen LogP contribution in [0, 0.1) is 0 Å². The zero-order valence-electron chi connectivity index (χ0n) is 16.0. The van der Waals surface area contributed by atoms with Crippen molar-refractivity contribution >= 4 is 11.6 Å². The van der Waals surface area contributed by atoms with Crippen LogP contribution in [0.1, 0.15) is 48.8 Å². The number of halogens is 3. The van der Waals surface area contributed by atoms with Gasteiger partial charge in [-0.25, -0.2) is 9.50 Å². The highest BCUT2D eigenvalue weighted by Crippen LogP contribution is 2.32. The molecule has 3 aromatic rings. The van der Waals surface area contributed by atoms with Gasteiger partial charge < -0.3 is 4.90 Å². The number of aromatic nitrogens is 3. The second-order valence-electron chi connectivity index (χ2n) is 7.25. The number of rotatable bonds is 3. The summed E-state index contributed by atoms with van der Waals surface area (Å²) in [7, 11) is 0. The van der Waals surface area contributed by atoms with E-state index in [0.29, 0.717) is 12.1 Å². The van der Waals surface area contributed by atoms with Crippen molar-refractivity contribution in [1.29, 1.82) is 0 Å². The van der Waals surface area contributed by atoms with Gasteiger partial charge in [-0.15, -0.1) is 0 Å². The molecule has 1 atom stereocenters. The van der Waals surface area contributed by atoms with Gasteiger partial charge in [-0.1, -0.05) is 37.3 Å². The van der Waals surface area contributed by atoms with Crippen molar-refractivity contribution in [2.75, 3.05) is 6.54 Å². The summed E-state index contributed by atoms with van der Waals surface area (Å²) in [6, 6.07) is 11.1. The Morgan fingerprint density at radius 1 is 1.17 bits per heavy atom. The van der Waals surface area contributed by atoms with Crippen molar-refractivity contribution in [3.63, 3.8) is 0 Å². The molecule has 5 nitrogen and oxygen atoms in total. The predicted molar refractivity (Wildman–Crippen MR) is 102 cm³/mol.